The Morgan fingerprint density at radius 3 is 1.33 bits per heavy atom. The highest BCUT2D eigenvalue weighted by atomic mass is 16.2. The number of imide groups is 3. The molecule has 0 unspecified atom stereocenters. The van der Waals surface area contributed by atoms with Gasteiger partial charge in [0.1, 0.15) is 0 Å². The van der Waals surface area contributed by atoms with Crippen molar-refractivity contribution in [2.45, 2.75) is 0 Å². The average molecular weight is 600 g/mol. The van der Waals surface area contributed by atoms with Gasteiger partial charge in [-0.05, 0) is 60.7 Å². The van der Waals surface area contributed by atoms with Crippen molar-refractivity contribution < 1.29 is 38.4 Å². The number of fused-ring (bicyclic) bond motifs is 3. The molecule has 0 saturated carbocycles. The summed E-state index contributed by atoms with van der Waals surface area (Å²) < 4.78 is 0. The lowest BCUT2D eigenvalue weighted by molar-refractivity contribution is 0.0513. The molecule has 0 saturated heterocycles. The van der Waals surface area contributed by atoms with Crippen molar-refractivity contribution in [2.24, 2.45) is 0 Å². The number of nitrogens with one attached hydrogen (secondary N) is 2. The summed E-state index contributed by atoms with van der Waals surface area (Å²) in [5, 5.41) is 1.17. The lowest BCUT2D eigenvalue weighted by atomic mass is 10.1. The monoisotopic (exact) mass is 599 g/mol. The van der Waals surface area contributed by atoms with E-state index in [2.05, 4.69) is 10.9 Å². The molecule has 0 atom stereocenters. The summed E-state index contributed by atoms with van der Waals surface area (Å²) in [6.45, 7) is 0. The van der Waals surface area contributed by atoms with Gasteiger partial charge in [-0.1, -0.05) is 30.3 Å². The number of carbonyl (C=O) groups excluding carboxylic acids is 8. The highest BCUT2D eigenvalue weighted by Crippen LogP contribution is 2.30. The molecule has 0 aromatic heterocycles. The Balaban J connectivity index is 1.09. The molecule has 218 valence electrons. The van der Waals surface area contributed by atoms with Gasteiger partial charge in [0.25, 0.3) is 47.3 Å². The highest BCUT2D eigenvalue weighted by Gasteiger charge is 2.40. The van der Waals surface area contributed by atoms with Crippen LogP contribution >= 0.6 is 0 Å². The number of anilines is 1. The summed E-state index contributed by atoms with van der Waals surface area (Å²) in [5.41, 5.74) is 4.81. The summed E-state index contributed by atoms with van der Waals surface area (Å²) in [6.07, 6.45) is 0. The quantitative estimate of drug-likeness (QED) is 0.329. The van der Waals surface area contributed by atoms with E-state index < -0.39 is 47.3 Å². The number of amides is 8. The second kappa shape index (κ2) is 9.91. The topological polar surface area (TPSA) is 170 Å². The lowest BCUT2D eigenvalue weighted by Crippen LogP contribution is -2.45. The van der Waals surface area contributed by atoms with Crippen LogP contribution in [0.3, 0.4) is 0 Å². The van der Waals surface area contributed by atoms with E-state index in [1.54, 1.807) is 24.3 Å². The van der Waals surface area contributed by atoms with Crippen molar-refractivity contribution in [1.82, 2.24) is 20.9 Å². The maximum absolute atomic E-state index is 13.4. The highest BCUT2D eigenvalue weighted by molar-refractivity contribution is 6.35. The van der Waals surface area contributed by atoms with Crippen LogP contribution in [0.15, 0.2) is 91.0 Å². The van der Waals surface area contributed by atoms with Crippen LogP contribution in [0.4, 0.5) is 5.69 Å². The Kier molecular flexibility index (Phi) is 5.97. The van der Waals surface area contributed by atoms with Gasteiger partial charge >= 0.3 is 0 Å². The number of rotatable bonds is 5. The predicted octanol–water partition coefficient (Wildman–Crippen LogP) is 2.37. The van der Waals surface area contributed by atoms with Gasteiger partial charge in [-0.15, -0.1) is 0 Å². The number of hydrazine groups is 2. The van der Waals surface area contributed by atoms with Crippen LogP contribution in [-0.4, -0.2) is 57.3 Å². The van der Waals surface area contributed by atoms with E-state index in [0.717, 1.165) is 4.90 Å². The molecule has 2 N–H and O–H groups in total. The van der Waals surface area contributed by atoms with E-state index in [9.17, 15) is 38.4 Å². The van der Waals surface area contributed by atoms with Crippen molar-refractivity contribution in [3.63, 3.8) is 0 Å². The fraction of sp³-hybridized carbons (Fsp3) is 0. The van der Waals surface area contributed by atoms with E-state index in [-0.39, 0.29) is 50.2 Å². The first-order valence-corrected chi connectivity index (χ1v) is 13.4. The first kappa shape index (κ1) is 27.1. The van der Waals surface area contributed by atoms with Crippen molar-refractivity contribution in [1.29, 1.82) is 0 Å². The van der Waals surface area contributed by atoms with Crippen molar-refractivity contribution in [3.8, 4) is 0 Å². The predicted molar refractivity (Wildman–Crippen MR) is 153 cm³/mol. The van der Waals surface area contributed by atoms with Crippen LogP contribution in [-0.2, 0) is 0 Å². The summed E-state index contributed by atoms with van der Waals surface area (Å²) in [7, 11) is 0. The Bertz CT molecular complexity index is 2030. The zero-order valence-electron chi connectivity index (χ0n) is 22.8. The van der Waals surface area contributed by atoms with Crippen LogP contribution in [0, 0.1) is 0 Å². The number of hydrogen-bond acceptors (Lipinski definition) is 8. The summed E-state index contributed by atoms with van der Waals surface area (Å²) in [6, 6.07) is 21.3. The van der Waals surface area contributed by atoms with Crippen LogP contribution in [0.2, 0.25) is 0 Å². The van der Waals surface area contributed by atoms with Crippen molar-refractivity contribution >= 4 is 52.9 Å². The summed E-state index contributed by atoms with van der Waals surface area (Å²) in [5.74, 6) is -6.05. The second-order valence-electron chi connectivity index (χ2n) is 10.1. The van der Waals surface area contributed by atoms with Gasteiger partial charge in [0.05, 0.1) is 39.1 Å². The van der Waals surface area contributed by atoms with E-state index in [4.69, 9.17) is 0 Å². The minimum absolute atomic E-state index is 0.0156. The molecule has 7 rings (SSSR count). The normalized spacial score (nSPS) is 15.0. The van der Waals surface area contributed by atoms with E-state index in [1.807, 2.05) is 0 Å². The SMILES string of the molecule is O=C(NN1C(=O)c2ccccc2C1=O)c1cccc(N2C(=O)c3ccc(C(=O)NN4C(=O)c5ccccc5C4=O)cc3C2=O)c1. The van der Waals surface area contributed by atoms with E-state index in [0.29, 0.717) is 10.0 Å². The first-order chi connectivity index (χ1) is 21.7. The third kappa shape index (κ3) is 4.10. The van der Waals surface area contributed by atoms with Crippen LogP contribution < -0.4 is 15.8 Å². The summed E-state index contributed by atoms with van der Waals surface area (Å²) in [4.78, 5) is 104. The first-order valence-electron chi connectivity index (χ1n) is 13.4. The van der Waals surface area contributed by atoms with Crippen LogP contribution in [0.1, 0.15) is 82.9 Å². The van der Waals surface area contributed by atoms with Gasteiger partial charge in [-0.2, -0.15) is 10.0 Å². The Morgan fingerprint density at radius 2 is 0.844 bits per heavy atom. The largest absolute Gasteiger partial charge is 0.280 e. The third-order valence-electron chi connectivity index (χ3n) is 7.53. The fourth-order valence-corrected chi connectivity index (χ4v) is 5.32. The number of hydrogen-bond donors (Lipinski definition) is 2. The van der Waals surface area contributed by atoms with Crippen molar-refractivity contribution in [3.05, 3.63) is 136 Å². The Labute approximate surface area is 252 Å². The van der Waals surface area contributed by atoms with Gasteiger partial charge < -0.3 is 0 Å². The molecule has 13 heteroatoms. The van der Waals surface area contributed by atoms with Gasteiger partial charge in [-0.3, -0.25) is 49.2 Å². The molecular formula is C32H17N5O8. The molecule has 45 heavy (non-hydrogen) atoms. The standard InChI is InChI=1S/C32H17N5O8/c38-25(33-36-29(42)19-8-1-2-9-20(19)30(36)43)16-6-5-7-18(14-16)35-27(40)23-13-12-17(15-24(23)28(35)41)26(39)34-37-31(44)21-10-3-4-11-22(21)32(37)45/h1-15H,(H,33,38)(H,34,39). The number of benzene rings is 4. The van der Waals surface area contributed by atoms with Gasteiger partial charge in [0.15, 0.2) is 0 Å². The number of carbonyl (C=O) groups is 8. The minimum atomic E-state index is -0.863. The molecule has 4 aromatic carbocycles. The zero-order valence-corrected chi connectivity index (χ0v) is 22.8. The maximum atomic E-state index is 13.4. The van der Waals surface area contributed by atoms with E-state index in [1.165, 1.54) is 66.7 Å². The van der Waals surface area contributed by atoms with Gasteiger partial charge in [-0.25, -0.2) is 4.90 Å². The molecule has 3 aliphatic heterocycles. The average Bonchev–Trinajstić information content (AvgIpc) is 3.56. The zero-order chi connectivity index (χ0) is 31.6. The Morgan fingerprint density at radius 1 is 0.422 bits per heavy atom. The fourth-order valence-electron chi connectivity index (χ4n) is 5.32. The molecule has 0 bridgehead atoms. The molecule has 3 aliphatic rings. The van der Waals surface area contributed by atoms with Crippen LogP contribution in [0.5, 0.6) is 0 Å². The van der Waals surface area contributed by atoms with E-state index >= 15 is 0 Å². The minimum Gasteiger partial charge on any atom is -0.268 e. The Hall–Kier alpha value is -6.76. The van der Waals surface area contributed by atoms with Crippen LogP contribution in [0.25, 0.3) is 0 Å². The molecular weight excluding hydrogens is 582 g/mol. The molecule has 0 spiro atoms. The molecule has 0 fully saturated rings. The molecule has 0 radical (unpaired) electrons. The number of nitrogens with zero attached hydrogens (tertiary/aromatic N) is 3. The van der Waals surface area contributed by atoms with Crippen molar-refractivity contribution in [2.75, 3.05) is 4.90 Å². The second-order valence-corrected chi connectivity index (χ2v) is 10.1. The lowest BCUT2D eigenvalue weighted by Gasteiger charge is -2.17. The molecule has 3 heterocycles. The molecule has 0 aliphatic carbocycles. The van der Waals surface area contributed by atoms with Gasteiger partial charge in [0.2, 0.25) is 0 Å². The maximum Gasteiger partial charge on any atom is 0.280 e. The third-order valence-corrected chi connectivity index (χ3v) is 7.53. The summed E-state index contributed by atoms with van der Waals surface area (Å²) >= 11 is 0. The molecule has 13 nitrogen and oxygen atoms in total. The smallest absolute Gasteiger partial charge is 0.268 e. The molecule has 8 amide bonds. The van der Waals surface area contributed by atoms with Gasteiger partial charge in [0, 0.05) is 11.1 Å². The molecule has 4 aromatic rings.